The van der Waals surface area contributed by atoms with Gasteiger partial charge in [-0.3, -0.25) is 0 Å². The van der Waals surface area contributed by atoms with Gasteiger partial charge in [0.2, 0.25) is 5.88 Å². The molecule has 1 heterocycles. The van der Waals surface area contributed by atoms with E-state index in [2.05, 4.69) is 29.1 Å². The lowest BCUT2D eigenvalue weighted by molar-refractivity contribution is 0.0787. The third-order valence-corrected chi connectivity index (χ3v) is 2.71. The summed E-state index contributed by atoms with van der Waals surface area (Å²) < 4.78 is 11.0. The summed E-state index contributed by atoms with van der Waals surface area (Å²) in [5.74, 6) is 2.82. The number of nitrogens with zero attached hydrogens (tertiary/aromatic N) is 2. The Morgan fingerprint density at radius 3 is 2.57 bits per heavy atom. The predicted molar refractivity (Wildman–Crippen MR) is 85.9 cm³/mol. The molecule has 0 amide bonds. The Kier molecular flexibility index (Phi) is 8.05. The standard InChI is InChI=1S/C16H29N3O2/c1-6-20-16-11-14(17-8-7-9-21-13(4)5)18-15(19-16)10-12(2)3/h11-13H,6-10H2,1-5H3,(H,17,18,19). The summed E-state index contributed by atoms with van der Waals surface area (Å²) in [6.45, 7) is 12.6. The van der Waals surface area contributed by atoms with Crippen molar-refractivity contribution in [3.63, 3.8) is 0 Å². The molecule has 0 aromatic carbocycles. The molecule has 120 valence electrons. The molecule has 0 aliphatic heterocycles. The second-order valence-electron chi connectivity index (χ2n) is 5.74. The van der Waals surface area contributed by atoms with E-state index in [-0.39, 0.29) is 6.10 Å². The Morgan fingerprint density at radius 2 is 1.95 bits per heavy atom. The number of ether oxygens (including phenoxy) is 2. The average molecular weight is 295 g/mol. The topological polar surface area (TPSA) is 56.3 Å². The molecule has 0 spiro atoms. The van der Waals surface area contributed by atoms with Crippen LogP contribution in [-0.2, 0) is 11.2 Å². The first-order chi connectivity index (χ1) is 10.0. The van der Waals surface area contributed by atoms with Crippen LogP contribution in [0.25, 0.3) is 0 Å². The molecule has 0 saturated carbocycles. The fraction of sp³-hybridized carbons (Fsp3) is 0.750. The van der Waals surface area contributed by atoms with Gasteiger partial charge in [-0.15, -0.1) is 0 Å². The molecule has 5 heteroatoms. The van der Waals surface area contributed by atoms with Gasteiger partial charge in [0.25, 0.3) is 0 Å². The summed E-state index contributed by atoms with van der Waals surface area (Å²) in [4.78, 5) is 8.98. The summed E-state index contributed by atoms with van der Waals surface area (Å²) >= 11 is 0. The second-order valence-corrected chi connectivity index (χ2v) is 5.74. The largest absolute Gasteiger partial charge is 0.478 e. The van der Waals surface area contributed by atoms with Crippen LogP contribution < -0.4 is 10.1 Å². The molecule has 0 radical (unpaired) electrons. The maximum absolute atomic E-state index is 5.52. The number of aromatic nitrogens is 2. The van der Waals surface area contributed by atoms with Crippen molar-refractivity contribution in [2.45, 2.75) is 53.6 Å². The van der Waals surface area contributed by atoms with Gasteiger partial charge in [-0.25, -0.2) is 4.98 Å². The molecule has 0 aliphatic rings. The van der Waals surface area contributed by atoms with E-state index in [0.29, 0.717) is 18.4 Å². The van der Waals surface area contributed by atoms with Gasteiger partial charge in [0.15, 0.2) is 0 Å². The third kappa shape index (κ3) is 7.85. The van der Waals surface area contributed by atoms with Gasteiger partial charge in [-0.2, -0.15) is 4.98 Å². The highest BCUT2D eigenvalue weighted by atomic mass is 16.5. The van der Waals surface area contributed by atoms with E-state index in [1.165, 1.54) is 0 Å². The average Bonchev–Trinajstić information content (AvgIpc) is 2.37. The van der Waals surface area contributed by atoms with E-state index in [0.717, 1.165) is 37.6 Å². The Hall–Kier alpha value is -1.36. The SMILES string of the molecule is CCOc1cc(NCCCOC(C)C)nc(CC(C)C)n1. The number of hydrogen-bond donors (Lipinski definition) is 1. The first-order valence-electron chi connectivity index (χ1n) is 7.87. The van der Waals surface area contributed by atoms with Gasteiger partial charge in [0, 0.05) is 25.6 Å². The zero-order chi connectivity index (χ0) is 15.7. The van der Waals surface area contributed by atoms with Gasteiger partial charge in [0.1, 0.15) is 11.6 Å². The molecule has 1 aromatic heterocycles. The van der Waals surface area contributed by atoms with Crippen molar-refractivity contribution in [1.82, 2.24) is 9.97 Å². The number of anilines is 1. The maximum Gasteiger partial charge on any atom is 0.218 e. The van der Waals surface area contributed by atoms with E-state index in [9.17, 15) is 0 Å². The molecule has 0 saturated heterocycles. The molecule has 1 rings (SSSR count). The molecule has 0 aliphatic carbocycles. The molecule has 5 nitrogen and oxygen atoms in total. The minimum Gasteiger partial charge on any atom is -0.478 e. The molecular formula is C16H29N3O2. The van der Waals surface area contributed by atoms with Gasteiger partial charge >= 0.3 is 0 Å². The lowest BCUT2D eigenvalue weighted by Crippen LogP contribution is -2.12. The van der Waals surface area contributed by atoms with E-state index in [1.54, 1.807) is 0 Å². The minimum absolute atomic E-state index is 0.284. The van der Waals surface area contributed by atoms with Gasteiger partial charge < -0.3 is 14.8 Å². The smallest absolute Gasteiger partial charge is 0.218 e. The van der Waals surface area contributed by atoms with Crippen molar-refractivity contribution in [3.8, 4) is 5.88 Å². The maximum atomic E-state index is 5.52. The highest BCUT2D eigenvalue weighted by Gasteiger charge is 2.07. The molecular weight excluding hydrogens is 266 g/mol. The molecule has 0 atom stereocenters. The highest BCUT2D eigenvalue weighted by molar-refractivity contribution is 5.38. The summed E-state index contributed by atoms with van der Waals surface area (Å²) in [7, 11) is 0. The first-order valence-corrected chi connectivity index (χ1v) is 7.87. The monoisotopic (exact) mass is 295 g/mol. The molecule has 0 unspecified atom stereocenters. The third-order valence-electron chi connectivity index (χ3n) is 2.71. The number of nitrogens with one attached hydrogen (secondary N) is 1. The molecule has 1 N–H and O–H groups in total. The van der Waals surface area contributed by atoms with Crippen LogP contribution in [0.2, 0.25) is 0 Å². The van der Waals surface area contributed by atoms with Crippen molar-refractivity contribution in [3.05, 3.63) is 11.9 Å². The first kappa shape index (κ1) is 17.7. The van der Waals surface area contributed by atoms with Crippen LogP contribution in [0.1, 0.15) is 46.9 Å². The van der Waals surface area contributed by atoms with Crippen molar-refractivity contribution in [1.29, 1.82) is 0 Å². The molecule has 1 aromatic rings. The highest BCUT2D eigenvalue weighted by Crippen LogP contribution is 2.15. The summed E-state index contributed by atoms with van der Waals surface area (Å²) in [5, 5.41) is 3.32. The van der Waals surface area contributed by atoms with Gasteiger partial charge in [0.05, 0.1) is 12.7 Å². The molecule has 21 heavy (non-hydrogen) atoms. The van der Waals surface area contributed by atoms with Gasteiger partial charge in [-0.05, 0) is 33.1 Å². The van der Waals surface area contributed by atoms with Crippen LogP contribution in [0.4, 0.5) is 5.82 Å². The quantitative estimate of drug-likeness (QED) is 0.671. The van der Waals surface area contributed by atoms with Crippen molar-refractivity contribution in [2.75, 3.05) is 25.1 Å². The molecule has 0 fully saturated rings. The van der Waals surface area contributed by atoms with Crippen LogP contribution in [0, 0.1) is 5.92 Å². The number of rotatable bonds is 10. The van der Waals surface area contributed by atoms with E-state index >= 15 is 0 Å². The summed E-state index contributed by atoms with van der Waals surface area (Å²) in [6, 6.07) is 1.86. The van der Waals surface area contributed by atoms with E-state index < -0.39 is 0 Å². The molecule has 0 bridgehead atoms. The lowest BCUT2D eigenvalue weighted by Gasteiger charge is -2.12. The van der Waals surface area contributed by atoms with Crippen LogP contribution >= 0.6 is 0 Å². The van der Waals surface area contributed by atoms with Crippen LogP contribution in [0.15, 0.2) is 6.07 Å². The Balaban J connectivity index is 2.56. The lowest BCUT2D eigenvalue weighted by atomic mass is 10.1. The summed E-state index contributed by atoms with van der Waals surface area (Å²) in [5.41, 5.74) is 0. The summed E-state index contributed by atoms with van der Waals surface area (Å²) in [6.07, 6.45) is 2.09. The van der Waals surface area contributed by atoms with Crippen molar-refractivity contribution >= 4 is 5.82 Å². The Bertz CT molecular complexity index is 409. The Labute approximate surface area is 128 Å². The van der Waals surface area contributed by atoms with Crippen LogP contribution in [0.5, 0.6) is 5.88 Å². The van der Waals surface area contributed by atoms with E-state index in [4.69, 9.17) is 9.47 Å². The van der Waals surface area contributed by atoms with Crippen molar-refractivity contribution < 1.29 is 9.47 Å². The fourth-order valence-electron chi connectivity index (χ4n) is 1.85. The van der Waals surface area contributed by atoms with Crippen LogP contribution in [-0.4, -0.2) is 35.8 Å². The van der Waals surface area contributed by atoms with Gasteiger partial charge in [-0.1, -0.05) is 13.8 Å². The zero-order valence-electron chi connectivity index (χ0n) is 14.0. The van der Waals surface area contributed by atoms with E-state index in [1.807, 2.05) is 26.8 Å². The Morgan fingerprint density at radius 1 is 1.19 bits per heavy atom. The van der Waals surface area contributed by atoms with Crippen LogP contribution in [0.3, 0.4) is 0 Å². The minimum atomic E-state index is 0.284. The predicted octanol–water partition coefficient (Wildman–Crippen LogP) is 3.30. The van der Waals surface area contributed by atoms with Crippen molar-refractivity contribution in [2.24, 2.45) is 5.92 Å². The second kappa shape index (κ2) is 9.55. The fourth-order valence-corrected chi connectivity index (χ4v) is 1.85. The zero-order valence-corrected chi connectivity index (χ0v) is 14.0. The number of hydrogen-bond acceptors (Lipinski definition) is 5. The normalized spacial score (nSPS) is 11.2.